The average molecular weight is 359 g/mol. The van der Waals surface area contributed by atoms with Crippen LogP contribution in [0.1, 0.15) is 11.4 Å². The average Bonchev–Trinajstić information content (AvgIpc) is 3.27. The molecule has 0 radical (unpaired) electrons. The van der Waals surface area contributed by atoms with Gasteiger partial charge in [0.05, 0.1) is 11.9 Å². The number of aromatic nitrogens is 6. The summed E-state index contributed by atoms with van der Waals surface area (Å²) in [6.07, 6.45) is -1.11. The van der Waals surface area contributed by atoms with Crippen LogP contribution in [0.3, 0.4) is 0 Å². The minimum Gasteiger partial charge on any atom is -0.364 e. The molecule has 1 N–H and O–H groups in total. The highest BCUT2D eigenvalue weighted by molar-refractivity contribution is 5.44. The number of nitrogens with one attached hydrogen (secondary N) is 1. The second kappa shape index (κ2) is 6.14. The number of benzene rings is 1. The number of fused-ring (bicyclic) bond motifs is 1. The molecule has 1 aromatic carbocycles. The lowest BCUT2D eigenvalue weighted by Gasteiger charge is -2.06. The third kappa shape index (κ3) is 3.08. The maximum Gasteiger partial charge on any atom is 0.453 e. The molecule has 4 aromatic rings. The van der Waals surface area contributed by atoms with Gasteiger partial charge in [-0.1, -0.05) is 18.2 Å². The summed E-state index contributed by atoms with van der Waals surface area (Å²) in [5.41, 5.74) is 1.80. The Morgan fingerprint density at radius 3 is 2.58 bits per heavy atom. The molecule has 4 rings (SSSR count). The SMILES string of the molecule is FC(F)(F)c1nnc2ccc(NCc3cnn(-c4ccccc4)c3)nn12. The zero-order valence-electron chi connectivity index (χ0n) is 13.2. The van der Waals surface area contributed by atoms with Crippen LogP contribution in [0.25, 0.3) is 11.3 Å². The van der Waals surface area contributed by atoms with Crippen LogP contribution < -0.4 is 5.32 Å². The van der Waals surface area contributed by atoms with E-state index in [0.29, 0.717) is 11.1 Å². The Hall–Kier alpha value is -3.43. The van der Waals surface area contributed by atoms with E-state index in [1.54, 1.807) is 16.9 Å². The monoisotopic (exact) mass is 359 g/mol. The summed E-state index contributed by atoms with van der Waals surface area (Å²) in [6, 6.07) is 12.5. The maximum atomic E-state index is 12.9. The zero-order chi connectivity index (χ0) is 18.1. The first-order chi connectivity index (χ1) is 12.5. The molecule has 0 spiro atoms. The third-order valence-corrected chi connectivity index (χ3v) is 3.65. The molecule has 132 valence electrons. The van der Waals surface area contributed by atoms with Crippen LogP contribution in [0, 0.1) is 0 Å². The molecule has 0 bridgehead atoms. The summed E-state index contributed by atoms with van der Waals surface area (Å²) >= 11 is 0. The summed E-state index contributed by atoms with van der Waals surface area (Å²) in [5, 5.41) is 17.8. The van der Waals surface area contributed by atoms with Crippen molar-refractivity contribution < 1.29 is 13.2 Å². The van der Waals surface area contributed by atoms with Crippen LogP contribution in [-0.2, 0) is 12.7 Å². The van der Waals surface area contributed by atoms with Crippen LogP contribution in [0.4, 0.5) is 19.0 Å². The van der Waals surface area contributed by atoms with Crippen molar-refractivity contribution in [3.05, 3.63) is 66.2 Å². The van der Waals surface area contributed by atoms with Gasteiger partial charge in [-0.05, 0) is 24.3 Å². The Kier molecular flexibility index (Phi) is 3.79. The lowest BCUT2D eigenvalue weighted by Crippen LogP contribution is -2.13. The van der Waals surface area contributed by atoms with Crippen molar-refractivity contribution in [3.8, 4) is 5.69 Å². The minimum atomic E-state index is -4.62. The predicted octanol–water partition coefficient (Wildman–Crippen LogP) is 2.94. The van der Waals surface area contributed by atoms with E-state index in [0.717, 1.165) is 11.3 Å². The summed E-state index contributed by atoms with van der Waals surface area (Å²) in [7, 11) is 0. The van der Waals surface area contributed by atoms with Gasteiger partial charge >= 0.3 is 6.18 Å². The van der Waals surface area contributed by atoms with E-state index in [-0.39, 0.29) is 11.5 Å². The molecule has 7 nitrogen and oxygen atoms in total. The fourth-order valence-electron chi connectivity index (χ4n) is 2.43. The molecule has 0 aliphatic rings. The summed E-state index contributed by atoms with van der Waals surface area (Å²) < 4.78 is 41.1. The van der Waals surface area contributed by atoms with Crippen molar-refractivity contribution in [1.29, 1.82) is 0 Å². The first-order valence-electron chi connectivity index (χ1n) is 7.63. The van der Waals surface area contributed by atoms with Crippen LogP contribution in [-0.4, -0.2) is 29.6 Å². The van der Waals surface area contributed by atoms with Gasteiger partial charge in [0.15, 0.2) is 5.65 Å². The van der Waals surface area contributed by atoms with E-state index in [2.05, 4.69) is 25.7 Å². The second-order valence-electron chi connectivity index (χ2n) is 5.49. The number of halogens is 3. The molecule has 0 aliphatic heterocycles. The van der Waals surface area contributed by atoms with E-state index < -0.39 is 12.0 Å². The van der Waals surface area contributed by atoms with Crippen LogP contribution in [0.2, 0.25) is 0 Å². The zero-order valence-corrected chi connectivity index (χ0v) is 13.2. The molecule has 26 heavy (non-hydrogen) atoms. The normalized spacial score (nSPS) is 11.8. The first kappa shape index (κ1) is 16.1. The van der Waals surface area contributed by atoms with Gasteiger partial charge in [0.1, 0.15) is 5.82 Å². The maximum absolute atomic E-state index is 12.9. The number of hydrogen-bond acceptors (Lipinski definition) is 5. The van der Waals surface area contributed by atoms with Crippen molar-refractivity contribution in [2.75, 3.05) is 5.32 Å². The van der Waals surface area contributed by atoms with E-state index in [9.17, 15) is 13.2 Å². The molecular formula is C16H12F3N7. The van der Waals surface area contributed by atoms with E-state index in [1.807, 2.05) is 36.5 Å². The highest BCUT2D eigenvalue weighted by atomic mass is 19.4. The Morgan fingerprint density at radius 2 is 1.81 bits per heavy atom. The molecule has 0 saturated carbocycles. The molecule has 3 heterocycles. The van der Waals surface area contributed by atoms with Crippen molar-refractivity contribution in [3.63, 3.8) is 0 Å². The second-order valence-corrected chi connectivity index (χ2v) is 5.49. The standard InChI is InChI=1S/C16H12F3N7/c17-16(18,19)15-23-22-14-7-6-13(24-26(14)15)20-8-11-9-21-25(10-11)12-4-2-1-3-5-12/h1-7,9-10H,8H2,(H,20,24). The van der Waals surface area contributed by atoms with Gasteiger partial charge in [-0.3, -0.25) is 0 Å². The van der Waals surface area contributed by atoms with Crippen LogP contribution in [0.5, 0.6) is 0 Å². The van der Waals surface area contributed by atoms with Crippen LogP contribution >= 0.6 is 0 Å². The lowest BCUT2D eigenvalue weighted by atomic mass is 10.3. The molecular weight excluding hydrogens is 347 g/mol. The molecule has 3 aromatic heterocycles. The highest BCUT2D eigenvalue weighted by Crippen LogP contribution is 2.27. The number of anilines is 1. The molecule has 0 aliphatic carbocycles. The molecule has 10 heteroatoms. The smallest absolute Gasteiger partial charge is 0.364 e. The number of para-hydroxylation sites is 1. The van der Waals surface area contributed by atoms with Crippen molar-refractivity contribution in [1.82, 2.24) is 29.6 Å². The van der Waals surface area contributed by atoms with Gasteiger partial charge in [0.2, 0.25) is 0 Å². The Labute approximate surface area is 145 Å². The summed E-state index contributed by atoms with van der Waals surface area (Å²) in [4.78, 5) is 0. The van der Waals surface area contributed by atoms with Gasteiger partial charge in [-0.2, -0.15) is 22.8 Å². The number of hydrogen-bond donors (Lipinski definition) is 1. The molecule has 0 atom stereocenters. The van der Waals surface area contributed by atoms with Gasteiger partial charge in [0, 0.05) is 18.3 Å². The topological polar surface area (TPSA) is 72.9 Å². The van der Waals surface area contributed by atoms with Gasteiger partial charge < -0.3 is 5.32 Å². The fourth-order valence-corrected chi connectivity index (χ4v) is 2.43. The molecule has 0 fully saturated rings. The molecule has 0 saturated heterocycles. The predicted molar refractivity (Wildman–Crippen MR) is 86.7 cm³/mol. The van der Waals surface area contributed by atoms with Gasteiger partial charge in [-0.15, -0.1) is 15.3 Å². The quantitative estimate of drug-likeness (QED) is 0.607. The minimum absolute atomic E-state index is 0.0276. The lowest BCUT2D eigenvalue weighted by molar-refractivity contribution is -0.146. The van der Waals surface area contributed by atoms with Crippen LogP contribution in [0.15, 0.2) is 54.9 Å². The third-order valence-electron chi connectivity index (χ3n) is 3.65. The highest BCUT2D eigenvalue weighted by Gasteiger charge is 2.37. The number of rotatable bonds is 4. The first-order valence-corrected chi connectivity index (χ1v) is 7.63. The van der Waals surface area contributed by atoms with Gasteiger partial charge in [-0.25, -0.2) is 4.68 Å². The molecule has 0 amide bonds. The van der Waals surface area contributed by atoms with Crippen molar-refractivity contribution in [2.45, 2.75) is 12.7 Å². The van der Waals surface area contributed by atoms with Crippen molar-refractivity contribution >= 4 is 11.5 Å². The number of nitrogens with zero attached hydrogens (tertiary/aromatic N) is 6. The summed E-state index contributed by atoms with van der Waals surface area (Å²) in [6.45, 7) is 0.356. The number of alkyl halides is 3. The Morgan fingerprint density at radius 1 is 1.00 bits per heavy atom. The fraction of sp³-hybridized carbons (Fsp3) is 0.125. The summed E-state index contributed by atoms with van der Waals surface area (Å²) in [5.74, 6) is -0.886. The van der Waals surface area contributed by atoms with E-state index >= 15 is 0 Å². The van der Waals surface area contributed by atoms with Crippen molar-refractivity contribution in [2.24, 2.45) is 0 Å². The Bertz CT molecular complexity index is 1040. The largest absolute Gasteiger partial charge is 0.453 e. The Balaban J connectivity index is 1.52. The van der Waals surface area contributed by atoms with E-state index in [4.69, 9.17) is 0 Å². The van der Waals surface area contributed by atoms with Gasteiger partial charge in [0.25, 0.3) is 5.82 Å². The molecule has 0 unspecified atom stereocenters. The van der Waals surface area contributed by atoms with E-state index in [1.165, 1.54) is 6.07 Å².